The molecule has 1 aliphatic heterocycles. The largest absolute Gasteiger partial charge is 0.506 e. The molecule has 5 nitrogen and oxygen atoms in total. The summed E-state index contributed by atoms with van der Waals surface area (Å²) in [5.74, 6) is -0.298. The quantitative estimate of drug-likeness (QED) is 0.255. The summed E-state index contributed by atoms with van der Waals surface area (Å²) < 4.78 is 7.18. The van der Waals surface area contributed by atoms with E-state index in [2.05, 4.69) is 63.7 Å². The van der Waals surface area contributed by atoms with Crippen LogP contribution < -0.4 is 0 Å². The van der Waals surface area contributed by atoms with Crippen LogP contribution in [0.4, 0.5) is 0 Å². The highest BCUT2D eigenvalue weighted by Crippen LogP contribution is 2.37. The first-order valence-corrected chi connectivity index (χ1v) is 10.5. The fourth-order valence-corrected chi connectivity index (χ4v) is 4.81. The minimum Gasteiger partial charge on any atom is -0.506 e. The third kappa shape index (κ3) is 5.22. The van der Waals surface area contributed by atoms with E-state index in [1.165, 1.54) is 0 Å². The Morgan fingerprint density at radius 2 is 1.37 bits per heavy atom. The monoisotopic (exact) mass is 624 g/mol. The van der Waals surface area contributed by atoms with Gasteiger partial charge < -0.3 is 14.9 Å². The number of aromatic hydroxyl groups is 2. The van der Waals surface area contributed by atoms with Crippen LogP contribution >= 0.6 is 63.7 Å². The molecule has 0 aromatic heterocycles. The Hall–Kier alpha value is -1.16. The number of carbonyl (C=O) groups is 2. The second-order valence-electron chi connectivity index (χ2n) is 5.45. The number of esters is 1. The van der Waals surface area contributed by atoms with Gasteiger partial charge in [0.2, 0.25) is 0 Å². The van der Waals surface area contributed by atoms with Gasteiger partial charge in [-0.1, -0.05) is 0 Å². The van der Waals surface area contributed by atoms with Crippen LogP contribution in [0.2, 0.25) is 0 Å². The molecule has 0 saturated heterocycles. The second-order valence-corrected chi connectivity index (χ2v) is 8.87. The Balaban J connectivity index is 0.000000223. The number of aryl methyl sites for hydroxylation is 1. The second kappa shape index (κ2) is 9.36. The van der Waals surface area contributed by atoms with Crippen molar-refractivity contribution in [1.29, 1.82) is 0 Å². The van der Waals surface area contributed by atoms with Gasteiger partial charge in [0.05, 0.1) is 17.9 Å². The van der Waals surface area contributed by atoms with Crippen molar-refractivity contribution < 1.29 is 24.5 Å². The molecular weight excluding hydrogens is 616 g/mol. The number of hydrogen-bond donors (Lipinski definition) is 2. The molecule has 0 spiro atoms. The first kappa shape index (κ1) is 22.1. The lowest BCUT2D eigenvalue weighted by Crippen LogP contribution is -1.99. The van der Waals surface area contributed by atoms with E-state index in [1.807, 2.05) is 19.1 Å². The van der Waals surface area contributed by atoms with Gasteiger partial charge in [0.25, 0.3) is 0 Å². The van der Waals surface area contributed by atoms with E-state index in [4.69, 9.17) is 4.74 Å². The lowest BCUT2D eigenvalue weighted by molar-refractivity contribution is -0.136. The normalized spacial score (nSPS) is 13.1. The van der Waals surface area contributed by atoms with Gasteiger partial charge in [-0.25, -0.2) is 4.79 Å². The molecule has 27 heavy (non-hydrogen) atoms. The maximum absolute atomic E-state index is 11.2. The number of halogens is 4. The van der Waals surface area contributed by atoms with Gasteiger partial charge in [0.1, 0.15) is 23.7 Å². The van der Waals surface area contributed by atoms with Gasteiger partial charge in [-0.15, -0.1) is 0 Å². The van der Waals surface area contributed by atoms with Gasteiger partial charge in [-0.3, -0.25) is 4.79 Å². The van der Waals surface area contributed by atoms with E-state index < -0.39 is 5.97 Å². The fourth-order valence-electron chi connectivity index (χ4n) is 2.21. The number of phenolic OH excluding ortho intramolecular Hbond substituents is 2. The Morgan fingerprint density at radius 1 is 0.926 bits per heavy atom. The lowest BCUT2D eigenvalue weighted by Gasteiger charge is -2.06. The molecule has 0 amide bonds. The standard InChI is InChI=1S/C11H6Br2O4.C7H6Br2O/c12-8-1-5(2-9(13)10(8)15)7-4-17-11(16)6(7)3-14;1-4-2-5(8)7(10)6(9)3-4/h1-3,15H,4H2;2-3,10H,1H3. The van der Waals surface area contributed by atoms with E-state index in [0.717, 1.165) is 14.5 Å². The number of ether oxygens (including phenoxy) is 1. The van der Waals surface area contributed by atoms with Crippen molar-refractivity contribution in [1.82, 2.24) is 0 Å². The number of hydrogen-bond acceptors (Lipinski definition) is 5. The Morgan fingerprint density at radius 3 is 1.81 bits per heavy atom. The number of cyclic esters (lactones) is 1. The van der Waals surface area contributed by atoms with Crippen LogP contribution in [0, 0.1) is 6.92 Å². The summed E-state index contributed by atoms with van der Waals surface area (Å²) in [7, 11) is 0. The smallest absolute Gasteiger partial charge is 0.342 e. The molecule has 0 aliphatic carbocycles. The number of phenols is 2. The summed E-state index contributed by atoms with van der Waals surface area (Å²) in [6.07, 6.45) is 0.485. The van der Waals surface area contributed by atoms with E-state index >= 15 is 0 Å². The van der Waals surface area contributed by atoms with Crippen molar-refractivity contribution in [2.45, 2.75) is 6.92 Å². The number of carbonyl (C=O) groups excluding carboxylic acids is 2. The predicted octanol–water partition coefficient (Wildman–Crippen LogP) is 5.65. The van der Waals surface area contributed by atoms with Crippen LogP contribution in [0.5, 0.6) is 11.5 Å². The van der Waals surface area contributed by atoms with E-state index in [9.17, 15) is 19.8 Å². The molecule has 9 heteroatoms. The molecule has 2 aromatic carbocycles. The molecule has 0 bridgehead atoms. The molecule has 0 radical (unpaired) electrons. The minimum atomic E-state index is -0.615. The van der Waals surface area contributed by atoms with Gasteiger partial charge >= 0.3 is 5.97 Å². The molecular formula is C18H12Br4O5. The first-order chi connectivity index (χ1) is 12.6. The highest BCUT2D eigenvalue weighted by atomic mass is 79.9. The van der Waals surface area contributed by atoms with Gasteiger partial charge in [-0.05, 0) is 106 Å². The van der Waals surface area contributed by atoms with Crippen LogP contribution in [0.15, 0.2) is 47.7 Å². The van der Waals surface area contributed by atoms with Gasteiger partial charge in [0, 0.05) is 5.57 Å². The molecule has 0 unspecified atom stereocenters. The van der Waals surface area contributed by atoms with Crippen molar-refractivity contribution >= 4 is 81.5 Å². The fraction of sp³-hybridized carbons (Fsp3) is 0.111. The lowest BCUT2D eigenvalue weighted by atomic mass is 10.0. The van der Waals surface area contributed by atoms with Crippen molar-refractivity contribution in [3.63, 3.8) is 0 Å². The SMILES string of the molecule is Cc1cc(Br)c(O)c(Br)c1.O=CC1=C(c2cc(Br)c(O)c(Br)c2)COC1=O. The third-order valence-electron chi connectivity index (χ3n) is 3.54. The minimum absolute atomic E-state index is 0.0227. The summed E-state index contributed by atoms with van der Waals surface area (Å²) in [6.45, 7) is 2.03. The Bertz CT molecular complexity index is 907. The average molecular weight is 628 g/mol. The van der Waals surface area contributed by atoms with E-state index in [-0.39, 0.29) is 23.7 Å². The van der Waals surface area contributed by atoms with Crippen LogP contribution in [0.1, 0.15) is 11.1 Å². The van der Waals surface area contributed by atoms with Crippen molar-refractivity contribution in [2.75, 3.05) is 6.61 Å². The third-order valence-corrected chi connectivity index (χ3v) is 5.96. The zero-order valence-corrected chi connectivity index (χ0v) is 20.1. The molecule has 1 aliphatic rings. The molecule has 0 fully saturated rings. The highest BCUT2D eigenvalue weighted by Gasteiger charge is 2.26. The van der Waals surface area contributed by atoms with E-state index in [1.54, 1.807) is 12.1 Å². The number of benzene rings is 2. The molecule has 0 saturated carbocycles. The van der Waals surface area contributed by atoms with Crippen molar-refractivity contribution in [2.24, 2.45) is 0 Å². The van der Waals surface area contributed by atoms with E-state index in [0.29, 0.717) is 26.4 Å². The number of aldehydes is 1. The van der Waals surface area contributed by atoms with Crippen molar-refractivity contribution in [3.05, 3.63) is 58.9 Å². The molecule has 2 aromatic rings. The Kier molecular flexibility index (Phi) is 7.67. The van der Waals surface area contributed by atoms with Gasteiger partial charge in [-0.2, -0.15) is 0 Å². The molecule has 142 valence electrons. The summed E-state index contributed by atoms with van der Waals surface area (Å²) in [4.78, 5) is 22.0. The number of rotatable bonds is 2. The molecule has 2 N–H and O–H groups in total. The summed E-state index contributed by atoms with van der Waals surface area (Å²) in [6, 6.07) is 6.97. The summed E-state index contributed by atoms with van der Waals surface area (Å²) in [5, 5.41) is 18.8. The summed E-state index contributed by atoms with van der Waals surface area (Å²) in [5.41, 5.74) is 2.30. The molecule has 1 heterocycles. The van der Waals surface area contributed by atoms with Crippen LogP contribution in [0.25, 0.3) is 5.57 Å². The van der Waals surface area contributed by atoms with Crippen LogP contribution in [-0.2, 0) is 14.3 Å². The zero-order valence-electron chi connectivity index (χ0n) is 13.7. The first-order valence-electron chi connectivity index (χ1n) is 7.34. The predicted molar refractivity (Wildman–Crippen MR) is 116 cm³/mol. The topological polar surface area (TPSA) is 83.8 Å². The van der Waals surface area contributed by atoms with Crippen molar-refractivity contribution in [3.8, 4) is 11.5 Å². The Labute approximate surface area is 188 Å². The average Bonchev–Trinajstić information content (AvgIpc) is 2.98. The molecule has 0 atom stereocenters. The van der Waals surface area contributed by atoms with Crippen LogP contribution in [0.3, 0.4) is 0 Å². The zero-order chi connectivity index (χ0) is 20.3. The molecule has 3 rings (SSSR count). The summed E-state index contributed by atoms with van der Waals surface area (Å²) >= 11 is 12.8. The van der Waals surface area contributed by atoms with Gasteiger partial charge in [0.15, 0.2) is 6.29 Å². The maximum atomic E-state index is 11.2. The maximum Gasteiger partial charge on any atom is 0.342 e. The highest BCUT2D eigenvalue weighted by molar-refractivity contribution is 9.11. The van der Waals surface area contributed by atoms with Crippen LogP contribution in [-0.4, -0.2) is 29.1 Å².